The molecule has 3 heterocycles. The van der Waals surface area contributed by atoms with E-state index in [1.54, 1.807) is 38.6 Å². The molecule has 0 bridgehead atoms. The van der Waals surface area contributed by atoms with E-state index in [1.165, 1.54) is 4.57 Å². The highest BCUT2D eigenvalue weighted by Crippen LogP contribution is 2.34. The number of fused-ring (bicyclic) bond motifs is 2. The molecule has 5 rings (SSSR count). The van der Waals surface area contributed by atoms with Crippen LogP contribution in [0.4, 0.5) is 0 Å². The summed E-state index contributed by atoms with van der Waals surface area (Å²) in [5, 5.41) is 0.309. The van der Waals surface area contributed by atoms with Gasteiger partial charge in [0.25, 0.3) is 5.56 Å². The first-order valence-electron chi connectivity index (χ1n) is 10.8. The van der Waals surface area contributed by atoms with Crippen LogP contribution in [0.15, 0.2) is 58.3 Å². The summed E-state index contributed by atoms with van der Waals surface area (Å²) in [7, 11) is 3.11. The van der Waals surface area contributed by atoms with Crippen LogP contribution in [-0.4, -0.2) is 42.0 Å². The normalized spacial score (nSPS) is 12.9. The highest BCUT2D eigenvalue weighted by Gasteiger charge is 2.17. The van der Waals surface area contributed by atoms with Crippen LogP contribution in [0, 0.1) is 0 Å². The summed E-state index contributed by atoms with van der Waals surface area (Å²) in [5.41, 5.74) is 1.41. The molecule has 0 saturated carbocycles. The van der Waals surface area contributed by atoms with Gasteiger partial charge >= 0.3 is 5.69 Å². The van der Waals surface area contributed by atoms with Crippen LogP contribution in [0.3, 0.4) is 0 Å². The molecule has 4 aromatic rings. The Bertz CT molecular complexity index is 1490. The van der Waals surface area contributed by atoms with Gasteiger partial charge in [-0.15, -0.1) is 0 Å². The number of hydrogen-bond acceptors (Lipinski definition) is 7. The molecule has 9 nitrogen and oxygen atoms in total. The lowest BCUT2D eigenvalue weighted by Crippen LogP contribution is -2.31. The highest BCUT2D eigenvalue weighted by molar-refractivity contribution is 5.92. The molecule has 0 fully saturated rings. The number of ether oxygens (including phenoxy) is 4. The summed E-state index contributed by atoms with van der Waals surface area (Å²) in [6.07, 6.45) is 2.38. The third-order valence-electron chi connectivity index (χ3n) is 5.73. The van der Waals surface area contributed by atoms with E-state index in [0.717, 1.165) is 17.5 Å². The molecule has 0 spiro atoms. The van der Waals surface area contributed by atoms with Crippen molar-refractivity contribution in [3.63, 3.8) is 0 Å². The zero-order valence-electron chi connectivity index (χ0n) is 18.8. The van der Waals surface area contributed by atoms with Crippen LogP contribution in [-0.2, 0) is 6.54 Å². The molecule has 0 radical (unpaired) electrons. The van der Waals surface area contributed by atoms with E-state index >= 15 is 0 Å². The van der Waals surface area contributed by atoms with Crippen molar-refractivity contribution < 1.29 is 18.9 Å². The molecule has 2 aromatic carbocycles. The molecule has 0 unspecified atom stereocenters. The van der Waals surface area contributed by atoms with Gasteiger partial charge in [0.2, 0.25) is 0 Å². The van der Waals surface area contributed by atoms with Gasteiger partial charge in [0.05, 0.1) is 39.4 Å². The van der Waals surface area contributed by atoms with Gasteiger partial charge in [0.1, 0.15) is 5.65 Å². The molecule has 9 heteroatoms. The Morgan fingerprint density at radius 2 is 1.76 bits per heavy atom. The average molecular weight is 461 g/mol. The van der Waals surface area contributed by atoms with E-state index in [0.29, 0.717) is 47.2 Å². The largest absolute Gasteiger partial charge is 0.493 e. The van der Waals surface area contributed by atoms with Crippen LogP contribution in [0.25, 0.3) is 22.2 Å². The number of hydrogen-bond donors (Lipinski definition) is 1. The second kappa shape index (κ2) is 8.93. The maximum atomic E-state index is 12.9. The Morgan fingerprint density at radius 1 is 0.971 bits per heavy atom. The smallest absolute Gasteiger partial charge is 0.330 e. The fourth-order valence-electron chi connectivity index (χ4n) is 4.08. The summed E-state index contributed by atoms with van der Waals surface area (Å²) < 4.78 is 23.6. The molecule has 0 atom stereocenters. The summed E-state index contributed by atoms with van der Waals surface area (Å²) >= 11 is 0. The first-order valence-corrected chi connectivity index (χ1v) is 10.8. The zero-order chi connectivity index (χ0) is 23.7. The molecule has 0 saturated heterocycles. The van der Waals surface area contributed by atoms with Gasteiger partial charge in [-0.3, -0.25) is 14.3 Å². The van der Waals surface area contributed by atoms with Gasteiger partial charge in [-0.05, 0) is 47.0 Å². The van der Waals surface area contributed by atoms with Crippen molar-refractivity contribution in [1.82, 2.24) is 14.5 Å². The Morgan fingerprint density at radius 3 is 2.56 bits per heavy atom. The number of nitrogens with one attached hydrogen (secondary N) is 1. The fraction of sp³-hybridized carbons (Fsp3) is 0.240. The molecule has 174 valence electrons. The third-order valence-corrected chi connectivity index (χ3v) is 5.73. The number of methoxy groups -OCH3 is 2. The molecule has 1 aliphatic rings. The van der Waals surface area contributed by atoms with Crippen molar-refractivity contribution in [2.24, 2.45) is 0 Å². The first kappa shape index (κ1) is 21.6. The van der Waals surface area contributed by atoms with Gasteiger partial charge in [0, 0.05) is 12.6 Å². The van der Waals surface area contributed by atoms with Crippen molar-refractivity contribution in [3.8, 4) is 34.1 Å². The quantitative estimate of drug-likeness (QED) is 0.487. The topological polar surface area (TPSA) is 105 Å². The number of H-pyrrole nitrogens is 1. The SMILES string of the molecule is COc1ccc(-c2ccnc3c2c(=O)[nH]c(=O)n3Cc2ccc3c(c2)OCCCO3)cc1OC. The van der Waals surface area contributed by atoms with Crippen molar-refractivity contribution >= 4 is 11.0 Å². The van der Waals surface area contributed by atoms with Crippen molar-refractivity contribution in [1.29, 1.82) is 0 Å². The number of pyridine rings is 1. The number of aromatic nitrogens is 3. The van der Waals surface area contributed by atoms with Gasteiger partial charge in [0.15, 0.2) is 23.0 Å². The lowest BCUT2D eigenvalue weighted by atomic mass is 10.0. The number of aromatic amines is 1. The van der Waals surface area contributed by atoms with Crippen LogP contribution < -0.4 is 30.2 Å². The molecule has 2 aromatic heterocycles. The Hall–Kier alpha value is -4.27. The molecule has 1 aliphatic heterocycles. The van der Waals surface area contributed by atoms with Gasteiger partial charge < -0.3 is 18.9 Å². The van der Waals surface area contributed by atoms with E-state index < -0.39 is 11.2 Å². The molecule has 0 amide bonds. The summed E-state index contributed by atoms with van der Waals surface area (Å²) in [5.74, 6) is 2.41. The van der Waals surface area contributed by atoms with Crippen molar-refractivity contribution in [2.45, 2.75) is 13.0 Å². The van der Waals surface area contributed by atoms with Crippen LogP contribution in [0.2, 0.25) is 0 Å². The molecule has 0 aliphatic carbocycles. The first-order chi connectivity index (χ1) is 16.6. The molecular formula is C25H23N3O6. The van der Waals surface area contributed by atoms with E-state index in [1.807, 2.05) is 24.3 Å². The molecular weight excluding hydrogens is 438 g/mol. The minimum absolute atomic E-state index is 0.200. The monoisotopic (exact) mass is 461 g/mol. The van der Waals surface area contributed by atoms with Crippen LogP contribution >= 0.6 is 0 Å². The third kappa shape index (κ3) is 3.85. The maximum Gasteiger partial charge on any atom is 0.330 e. The lowest BCUT2D eigenvalue weighted by Gasteiger charge is -2.14. The standard InChI is InChI=1S/C25H23N3O6/c1-31-18-7-5-16(13-20(18)32-2)17-8-9-26-23-22(17)24(29)27-25(30)28(23)14-15-4-6-19-21(12-15)34-11-3-10-33-19/h4-9,12-13H,3,10-11,14H2,1-2H3,(H,27,29,30). The van der Waals surface area contributed by atoms with Crippen molar-refractivity contribution in [2.75, 3.05) is 27.4 Å². The van der Waals surface area contributed by atoms with Crippen molar-refractivity contribution in [3.05, 3.63) is 75.1 Å². The van der Waals surface area contributed by atoms with E-state index in [-0.39, 0.29) is 12.2 Å². The summed E-state index contributed by atoms with van der Waals surface area (Å²) in [4.78, 5) is 32.5. The molecule has 1 N–H and O–H groups in total. The number of rotatable bonds is 5. The summed E-state index contributed by atoms with van der Waals surface area (Å²) in [6, 6.07) is 12.7. The van der Waals surface area contributed by atoms with Gasteiger partial charge in [-0.1, -0.05) is 12.1 Å². The van der Waals surface area contributed by atoms with E-state index in [2.05, 4.69) is 9.97 Å². The molecule has 34 heavy (non-hydrogen) atoms. The van der Waals surface area contributed by atoms with Gasteiger partial charge in [-0.2, -0.15) is 0 Å². The second-order valence-electron chi connectivity index (χ2n) is 7.80. The number of benzene rings is 2. The van der Waals surface area contributed by atoms with E-state index in [4.69, 9.17) is 18.9 Å². The van der Waals surface area contributed by atoms with E-state index in [9.17, 15) is 9.59 Å². The fourth-order valence-corrected chi connectivity index (χ4v) is 4.08. The predicted molar refractivity (Wildman–Crippen MR) is 126 cm³/mol. The number of nitrogens with zero attached hydrogens (tertiary/aromatic N) is 2. The zero-order valence-corrected chi connectivity index (χ0v) is 18.8. The van der Waals surface area contributed by atoms with Crippen LogP contribution in [0.1, 0.15) is 12.0 Å². The maximum absolute atomic E-state index is 12.9. The second-order valence-corrected chi connectivity index (χ2v) is 7.80. The minimum Gasteiger partial charge on any atom is -0.493 e. The predicted octanol–water partition coefficient (Wildman–Crippen LogP) is 2.98. The van der Waals surface area contributed by atoms with Crippen LogP contribution in [0.5, 0.6) is 23.0 Å². The Kier molecular flexibility index (Phi) is 5.67. The lowest BCUT2D eigenvalue weighted by molar-refractivity contribution is 0.297. The Labute approximate surface area is 194 Å². The average Bonchev–Trinajstić information content (AvgIpc) is 3.10. The highest BCUT2D eigenvalue weighted by atomic mass is 16.5. The minimum atomic E-state index is -0.540. The summed E-state index contributed by atoms with van der Waals surface area (Å²) in [6.45, 7) is 1.36. The Balaban J connectivity index is 1.63. The van der Waals surface area contributed by atoms with Gasteiger partial charge in [-0.25, -0.2) is 9.78 Å².